The molecule has 9 nitrogen and oxygen atoms in total. The molecule has 21 heavy (non-hydrogen) atoms. The zero-order valence-electron chi connectivity index (χ0n) is 10.2. The number of halogens is 1. The lowest BCUT2D eigenvalue weighted by Crippen LogP contribution is -2.44. The lowest BCUT2D eigenvalue weighted by molar-refractivity contribution is -0.124. The molecule has 0 saturated carbocycles. The van der Waals surface area contributed by atoms with Crippen molar-refractivity contribution in [2.75, 3.05) is 6.61 Å². The summed E-state index contributed by atoms with van der Waals surface area (Å²) in [5, 5.41) is 32.4. The highest BCUT2D eigenvalue weighted by molar-refractivity contribution is 7.72. The number of nitrogens with one attached hydrogen (secondary N) is 1. The van der Waals surface area contributed by atoms with Crippen LogP contribution in [0.4, 0.5) is 4.39 Å². The minimum absolute atomic E-state index is 0.0765. The second-order valence-electron chi connectivity index (χ2n) is 4.28. The van der Waals surface area contributed by atoms with Crippen LogP contribution in [0, 0.1) is 15.2 Å². The summed E-state index contributed by atoms with van der Waals surface area (Å²) in [5.74, 6) is -0.825. The van der Waals surface area contributed by atoms with E-state index in [9.17, 15) is 19.7 Å². The maximum atomic E-state index is 13.5. The Morgan fingerprint density at radius 3 is 2.81 bits per heavy atom. The molecule has 1 fully saturated rings. The van der Waals surface area contributed by atoms with Gasteiger partial charge in [0.1, 0.15) is 16.8 Å². The first-order valence-electron chi connectivity index (χ1n) is 5.58. The lowest BCUT2D eigenvalue weighted by Gasteiger charge is -2.23. The standard InChI is InChI=1S/C9H10FN5O4S2/c10-3-1-15(8(21)12-6(3)20)7-4(17)5(18)9(2-16,19-7)13-14-11/h1,4-5,7,16-18H,2H2,(H,12,20,21)/t4-,5?,7+,9+/m0/s1. The smallest absolute Gasteiger partial charge is 0.200 e. The van der Waals surface area contributed by atoms with Gasteiger partial charge < -0.3 is 25.0 Å². The number of aromatic nitrogens is 2. The number of azide groups is 1. The van der Waals surface area contributed by atoms with Crippen molar-refractivity contribution in [1.29, 1.82) is 0 Å². The summed E-state index contributed by atoms with van der Waals surface area (Å²) in [7, 11) is 0. The quantitative estimate of drug-likeness (QED) is 0.277. The van der Waals surface area contributed by atoms with E-state index in [0.717, 1.165) is 10.8 Å². The third-order valence-corrected chi connectivity index (χ3v) is 3.65. The molecule has 1 aliphatic rings. The van der Waals surface area contributed by atoms with Crippen LogP contribution < -0.4 is 0 Å². The topological polar surface area (TPSA) is 139 Å². The normalized spacial score (nSPS) is 31.9. The Labute approximate surface area is 126 Å². The van der Waals surface area contributed by atoms with E-state index in [0.29, 0.717) is 0 Å². The summed E-state index contributed by atoms with van der Waals surface area (Å²) >= 11 is 9.61. The lowest BCUT2D eigenvalue weighted by atomic mass is 10.1. The Balaban J connectivity index is 2.52. The Morgan fingerprint density at radius 2 is 2.24 bits per heavy atom. The summed E-state index contributed by atoms with van der Waals surface area (Å²) in [6.07, 6.45) is -3.83. The molecule has 0 radical (unpaired) electrons. The monoisotopic (exact) mass is 335 g/mol. The van der Waals surface area contributed by atoms with E-state index >= 15 is 0 Å². The van der Waals surface area contributed by atoms with Gasteiger partial charge in [-0.1, -0.05) is 17.3 Å². The molecule has 0 aliphatic carbocycles. The fourth-order valence-electron chi connectivity index (χ4n) is 1.96. The summed E-state index contributed by atoms with van der Waals surface area (Å²) < 4.78 is 19.4. The molecule has 114 valence electrons. The van der Waals surface area contributed by atoms with Crippen LogP contribution >= 0.6 is 24.4 Å². The van der Waals surface area contributed by atoms with Crippen LogP contribution in [0.25, 0.3) is 10.4 Å². The van der Waals surface area contributed by atoms with Crippen LogP contribution in [0.2, 0.25) is 0 Å². The van der Waals surface area contributed by atoms with Gasteiger partial charge in [0.05, 0.1) is 6.61 Å². The van der Waals surface area contributed by atoms with E-state index < -0.39 is 36.6 Å². The highest BCUT2D eigenvalue weighted by atomic mass is 32.1. The highest BCUT2D eigenvalue weighted by Gasteiger charge is 2.54. The Kier molecular flexibility index (Phi) is 4.39. The maximum Gasteiger partial charge on any atom is 0.200 e. The summed E-state index contributed by atoms with van der Waals surface area (Å²) in [6, 6.07) is 0. The predicted octanol–water partition coefficient (Wildman–Crippen LogP) is 0.664. The summed E-state index contributed by atoms with van der Waals surface area (Å²) in [5.41, 5.74) is 6.40. The largest absolute Gasteiger partial charge is 0.393 e. The van der Waals surface area contributed by atoms with Crippen molar-refractivity contribution in [3.63, 3.8) is 0 Å². The molecular weight excluding hydrogens is 325 g/mol. The van der Waals surface area contributed by atoms with E-state index in [1.54, 1.807) is 0 Å². The van der Waals surface area contributed by atoms with Gasteiger partial charge in [-0.3, -0.25) is 4.57 Å². The molecule has 2 rings (SSSR count). The van der Waals surface area contributed by atoms with E-state index in [-0.39, 0.29) is 9.41 Å². The Hall–Kier alpha value is -1.40. The van der Waals surface area contributed by atoms with Crippen molar-refractivity contribution in [2.24, 2.45) is 5.11 Å². The number of H-pyrrole nitrogens is 1. The third-order valence-electron chi connectivity index (χ3n) is 3.04. The molecule has 4 atom stereocenters. The van der Waals surface area contributed by atoms with E-state index in [1.807, 2.05) is 0 Å². The second-order valence-corrected chi connectivity index (χ2v) is 5.07. The number of aliphatic hydroxyl groups excluding tert-OH is 3. The van der Waals surface area contributed by atoms with Crippen LogP contribution in [0.1, 0.15) is 6.23 Å². The van der Waals surface area contributed by atoms with Crippen LogP contribution in [0.15, 0.2) is 11.3 Å². The molecule has 1 aromatic heterocycles. The van der Waals surface area contributed by atoms with Gasteiger partial charge in [0.2, 0.25) is 5.72 Å². The van der Waals surface area contributed by atoms with Crippen LogP contribution in [-0.4, -0.2) is 49.4 Å². The first kappa shape index (κ1) is 16.0. The van der Waals surface area contributed by atoms with Crippen molar-refractivity contribution in [3.8, 4) is 0 Å². The van der Waals surface area contributed by atoms with Gasteiger partial charge in [0.15, 0.2) is 16.8 Å². The summed E-state index contributed by atoms with van der Waals surface area (Å²) in [4.78, 5) is 4.84. The Morgan fingerprint density at radius 1 is 1.57 bits per heavy atom. The van der Waals surface area contributed by atoms with Crippen LogP contribution in [-0.2, 0) is 4.74 Å². The van der Waals surface area contributed by atoms with Crippen molar-refractivity contribution < 1.29 is 24.4 Å². The fraction of sp³-hybridized carbons (Fsp3) is 0.556. The minimum Gasteiger partial charge on any atom is -0.393 e. The predicted molar refractivity (Wildman–Crippen MR) is 71.5 cm³/mol. The van der Waals surface area contributed by atoms with Gasteiger partial charge in [-0.25, -0.2) is 4.39 Å². The first-order valence-corrected chi connectivity index (χ1v) is 6.40. The average molecular weight is 335 g/mol. The SMILES string of the molecule is [N-]=[N+]=N[C@]1(CO)O[C@@H](n2cc(F)c(=S)[nH]c2=S)[C@@H](O)C1O. The van der Waals surface area contributed by atoms with Gasteiger partial charge in [-0.15, -0.1) is 0 Å². The minimum atomic E-state index is -2.09. The zero-order valence-corrected chi connectivity index (χ0v) is 11.9. The van der Waals surface area contributed by atoms with E-state index in [4.69, 9.17) is 22.5 Å². The molecule has 0 bridgehead atoms. The zero-order chi connectivity index (χ0) is 15.8. The molecule has 0 amide bonds. The maximum absolute atomic E-state index is 13.5. The fourth-order valence-corrected chi connectivity index (χ4v) is 2.44. The molecular formula is C9H10FN5O4S2. The van der Waals surface area contributed by atoms with Gasteiger partial charge in [-0.2, -0.15) is 0 Å². The molecule has 1 aliphatic heterocycles. The van der Waals surface area contributed by atoms with Crippen LogP contribution in [0.5, 0.6) is 0 Å². The average Bonchev–Trinajstić information content (AvgIpc) is 2.69. The molecule has 1 unspecified atom stereocenters. The van der Waals surface area contributed by atoms with Crippen molar-refractivity contribution >= 4 is 24.4 Å². The van der Waals surface area contributed by atoms with Gasteiger partial charge in [0.25, 0.3) is 0 Å². The molecule has 0 aromatic carbocycles. The van der Waals surface area contributed by atoms with Gasteiger partial charge in [-0.05, 0) is 17.7 Å². The number of aliphatic hydroxyl groups is 3. The number of aromatic amines is 1. The molecule has 0 spiro atoms. The summed E-state index contributed by atoms with van der Waals surface area (Å²) in [6.45, 7) is -0.884. The molecule has 2 heterocycles. The number of hydrogen-bond acceptors (Lipinski definition) is 7. The number of ether oxygens (including phenoxy) is 1. The number of nitrogens with zero attached hydrogens (tertiary/aromatic N) is 4. The second kappa shape index (κ2) is 5.77. The van der Waals surface area contributed by atoms with Gasteiger partial charge in [0, 0.05) is 11.1 Å². The molecule has 1 saturated heterocycles. The van der Waals surface area contributed by atoms with Crippen molar-refractivity contribution in [3.05, 3.63) is 31.9 Å². The van der Waals surface area contributed by atoms with E-state index in [1.165, 1.54) is 0 Å². The van der Waals surface area contributed by atoms with E-state index in [2.05, 4.69) is 27.2 Å². The molecule has 1 aromatic rings. The highest BCUT2D eigenvalue weighted by Crippen LogP contribution is 2.38. The molecule has 4 N–H and O–H groups in total. The molecule has 12 heteroatoms. The number of rotatable bonds is 3. The van der Waals surface area contributed by atoms with Crippen LogP contribution in [0.3, 0.4) is 0 Å². The first-order chi connectivity index (χ1) is 9.86. The number of hydrogen-bond donors (Lipinski definition) is 4. The van der Waals surface area contributed by atoms with Crippen molar-refractivity contribution in [1.82, 2.24) is 9.55 Å². The third kappa shape index (κ3) is 2.58. The Bertz CT molecular complexity index is 717. The van der Waals surface area contributed by atoms with Gasteiger partial charge >= 0.3 is 0 Å². The van der Waals surface area contributed by atoms with Crippen molar-refractivity contribution in [2.45, 2.75) is 24.2 Å².